The van der Waals surface area contributed by atoms with E-state index in [1.54, 1.807) is 13.3 Å². The fraction of sp³-hybridized carbons (Fsp3) is 0.214. The first kappa shape index (κ1) is 10.3. The van der Waals surface area contributed by atoms with E-state index in [1.165, 1.54) is 5.56 Å². The van der Waals surface area contributed by atoms with Crippen molar-refractivity contribution in [3.05, 3.63) is 59.9 Å². The lowest BCUT2D eigenvalue weighted by Gasteiger charge is -2.00. The zero-order chi connectivity index (χ0) is 11.7. The Kier molecular flexibility index (Phi) is 2.53. The highest BCUT2D eigenvalue weighted by Gasteiger charge is 2.42. The number of hydrogen-bond acceptors (Lipinski definition) is 3. The first-order valence-corrected chi connectivity index (χ1v) is 5.59. The highest BCUT2D eigenvalue weighted by Crippen LogP contribution is 2.50. The molecule has 1 aliphatic rings. The van der Waals surface area contributed by atoms with E-state index in [2.05, 4.69) is 4.98 Å². The zero-order valence-electron chi connectivity index (χ0n) is 9.54. The summed E-state index contributed by atoms with van der Waals surface area (Å²) in [6.07, 6.45) is 2.03. The number of epoxide rings is 1. The first-order chi connectivity index (χ1) is 8.38. The molecule has 86 valence electrons. The number of nitrogens with zero attached hydrogens (tertiary/aromatic N) is 1. The number of methoxy groups -OCH3 is 1. The largest absolute Gasteiger partial charge is 0.497 e. The number of hydrogen-bond donors (Lipinski definition) is 0. The fourth-order valence-corrected chi connectivity index (χ4v) is 1.93. The second-order valence-electron chi connectivity index (χ2n) is 4.01. The summed E-state index contributed by atoms with van der Waals surface area (Å²) in [5.74, 6) is 0.865. The van der Waals surface area contributed by atoms with Gasteiger partial charge in [0.25, 0.3) is 0 Å². The van der Waals surface area contributed by atoms with Crippen molar-refractivity contribution in [1.82, 2.24) is 4.98 Å². The number of pyridine rings is 1. The summed E-state index contributed by atoms with van der Waals surface area (Å²) >= 11 is 0. The minimum absolute atomic E-state index is 0.101. The van der Waals surface area contributed by atoms with E-state index in [0.29, 0.717) is 0 Å². The van der Waals surface area contributed by atoms with Crippen LogP contribution < -0.4 is 4.74 Å². The van der Waals surface area contributed by atoms with Crippen molar-refractivity contribution in [1.29, 1.82) is 0 Å². The summed E-state index contributed by atoms with van der Waals surface area (Å²) in [7, 11) is 1.67. The molecule has 1 aliphatic heterocycles. The third-order valence-corrected chi connectivity index (χ3v) is 2.92. The molecular formula is C14H13NO2. The molecule has 1 fully saturated rings. The summed E-state index contributed by atoms with van der Waals surface area (Å²) < 4.78 is 10.8. The minimum Gasteiger partial charge on any atom is -0.497 e. The Bertz CT molecular complexity index is 495. The van der Waals surface area contributed by atoms with Crippen LogP contribution in [0.1, 0.15) is 23.5 Å². The van der Waals surface area contributed by atoms with Gasteiger partial charge in [-0.05, 0) is 29.8 Å². The molecule has 0 bridgehead atoms. The van der Waals surface area contributed by atoms with Crippen molar-refractivity contribution in [2.75, 3.05) is 7.11 Å². The first-order valence-electron chi connectivity index (χ1n) is 5.59. The van der Waals surface area contributed by atoms with Gasteiger partial charge in [0, 0.05) is 6.20 Å². The monoisotopic (exact) mass is 227 g/mol. The molecule has 3 heteroatoms. The van der Waals surface area contributed by atoms with E-state index in [4.69, 9.17) is 9.47 Å². The summed E-state index contributed by atoms with van der Waals surface area (Å²) in [5.41, 5.74) is 2.16. The van der Waals surface area contributed by atoms with Crippen molar-refractivity contribution in [2.24, 2.45) is 0 Å². The molecule has 0 aliphatic carbocycles. The molecule has 3 rings (SSSR count). The normalized spacial score (nSPS) is 22.2. The summed E-state index contributed by atoms with van der Waals surface area (Å²) in [6.45, 7) is 0. The van der Waals surface area contributed by atoms with Crippen LogP contribution in [0.4, 0.5) is 0 Å². The minimum atomic E-state index is 0.101. The topological polar surface area (TPSA) is 34.6 Å². The van der Waals surface area contributed by atoms with Gasteiger partial charge in [-0.2, -0.15) is 0 Å². The highest BCUT2D eigenvalue weighted by atomic mass is 16.6. The number of ether oxygens (including phenoxy) is 2. The number of rotatable bonds is 3. The average molecular weight is 227 g/mol. The van der Waals surface area contributed by atoms with Gasteiger partial charge in [-0.3, -0.25) is 4.98 Å². The molecule has 0 amide bonds. The highest BCUT2D eigenvalue weighted by molar-refractivity contribution is 5.32. The molecule has 17 heavy (non-hydrogen) atoms. The number of aromatic nitrogens is 1. The molecular weight excluding hydrogens is 214 g/mol. The maximum Gasteiger partial charge on any atom is 0.131 e. The van der Waals surface area contributed by atoms with Crippen molar-refractivity contribution >= 4 is 0 Å². The predicted octanol–water partition coefficient (Wildman–Crippen LogP) is 2.90. The van der Waals surface area contributed by atoms with Crippen molar-refractivity contribution in [3.8, 4) is 5.75 Å². The van der Waals surface area contributed by atoms with E-state index in [-0.39, 0.29) is 12.2 Å². The molecule has 2 heterocycles. The number of benzene rings is 1. The smallest absolute Gasteiger partial charge is 0.131 e. The van der Waals surface area contributed by atoms with Crippen LogP contribution in [0.25, 0.3) is 0 Å². The van der Waals surface area contributed by atoms with E-state index in [0.717, 1.165) is 11.4 Å². The molecule has 0 N–H and O–H groups in total. The molecule has 1 saturated heterocycles. The van der Waals surface area contributed by atoms with Gasteiger partial charge in [0.15, 0.2) is 0 Å². The second-order valence-corrected chi connectivity index (χ2v) is 4.01. The SMILES string of the molecule is COc1ccc([C@@H]2O[C@H]2c2ccccn2)cc1. The van der Waals surface area contributed by atoms with Gasteiger partial charge < -0.3 is 9.47 Å². The Morgan fingerprint density at radius 3 is 2.53 bits per heavy atom. The Hall–Kier alpha value is -1.87. The second kappa shape index (κ2) is 4.18. The molecule has 0 spiro atoms. The quantitative estimate of drug-likeness (QED) is 0.756. The third-order valence-electron chi connectivity index (χ3n) is 2.92. The van der Waals surface area contributed by atoms with Crippen LogP contribution in [0.3, 0.4) is 0 Å². The maximum atomic E-state index is 5.66. The van der Waals surface area contributed by atoms with Gasteiger partial charge in [-0.1, -0.05) is 18.2 Å². The van der Waals surface area contributed by atoms with Crippen LogP contribution in [0, 0.1) is 0 Å². The van der Waals surface area contributed by atoms with E-state index in [1.807, 2.05) is 42.5 Å². The van der Waals surface area contributed by atoms with Crippen molar-refractivity contribution in [2.45, 2.75) is 12.2 Å². The fourth-order valence-electron chi connectivity index (χ4n) is 1.93. The lowest BCUT2D eigenvalue weighted by Crippen LogP contribution is -1.88. The third kappa shape index (κ3) is 2.01. The average Bonchev–Trinajstić information content (AvgIpc) is 3.20. The Morgan fingerprint density at radius 1 is 1.06 bits per heavy atom. The molecule has 0 unspecified atom stereocenters. The molecule has 0 radical (unpaired) electrons. The summed E-state index contributed by atoms with van der Waals surface area (Å²) in [4.78, 5) is 4.30. The van der Waals surface area contributed by atoms with Gasteiger partial charge in [-0.15, -0.1) is 0 Å². The Balaban J connectivity index is 1.76. The van der Waals surface area contributed by atoms with Gasteiger partial charge in [0.2, 0.25) is 0 Å². The molecule has 2 atom stereocenters. The molecule has 1 aromatic carbocycles. The van der Waals surface area contributed by atoms with Crippen molar-refractivity contribution in [3.63, 3.8) is 0 Å². The summed E-state index contributed by atoms with van der Waals surface area (Å²) in [6, 6.07) is 13.9. The van der Waals surface area contributed by atoms with E-state index in [9.17, 15) is 0 Å². The van der Waals surface area contributed by atoms with Crippen LogP contribution >= 0.6 is 0 Å². The van der Waals surface area contributed by atoms with Crippen LogP contribution in [0.15, 0.2) is 48.7 Å². The van der Waals surface area contributed by atoms with Crippen LogP contribution in [0.2, 0.25) is 0 Å². The van der Waals surface area contributed by atoms with Gasteiger partial charge in [0.05, 0.1) is 12.8 Å². The Morgan fingerprint density at radius 2 is 1.88 bits per heavy atom. The van der Waals surface area contributed by atoms with E-state index < -0.39 is 0 Å². The van der Waals surface area contributed by atoms with Gasteiger partial charge in [-0.25, -0.2) is 0 Å². The molecule has 3 nitrogen and oxygen atoms in total. The Labute approximate surface area is 100 Å². The molecule has 2 aromatic rings. The maximum absolute atomic E-state index is 5.66. The van der Waals surface area contributed by atoms with E-state index >= 15 is 0 Å². The van der Waals surface area contributed by atoms with Gasteiger partial charge in [0.1, 0.15) is 18.0 Å². The lowest BCUT2D eigenvalue weighted by atomic mass is 10.1. The standard InChI is InChI=1S/C14H13NO2/c1-16-11-7-5-10(6-8-11)13-14(17-13)12-4-2-3-9-15-12/h2-9,13-14H,1H3/t13-,14-/m0/s1. The van der Waals surface area contributed by atoms with Crippen molar-refractivity contribution < 1.29 is 9.47 Å². The van der Waals surface area contributed by atoms with Crippen LogP contribution in [-0.2, 0) is 4.74 Å². The lowest BCUT2D eigenvalue weighted by molar-refractivity contribution is 0.374. The van der Waals surface area contributed by atoms with Crippen LogP contribution in [0.5, 0.6) is 5.75 Å². The van der Waals surface area contributed by atoms with Crippen LogP contribution in [-0.4, -0.2) is 12.1 Å². The van der Waals surface area contributed by atoms with Gasteiger partial charge >= 0.3 is 0 Å². The predicted molar refractivity (Wildman–Crippen MR) is 63.8 cm³/mol. The molecule has 0 saturated carbocycles. The summed E-state index contributed by atoms with van der Waals surface area (Å²) in [5, 5.41) is 0. The molecule has 1 aromatic heterocycles. The zero-order valence-corrected chi connectivity index (χ0v) is 9.54.